The van der Waals surface area contributed by atoms with E-state index in [0.717, 1.165) is 18.1 Å². The van der Waals surface area contributed by atoms with Crippen molar-refractivity contribution in [2.75, 3.05) is 39.4 Å². The lowest BCUT2D eigenvalue weighted by molar-refractivity contribution is -0.142. The number of carbonyl (C=O) groups is 3. The molecule has 1 saturated carbocycles. The van der Waals surface area contributed by atoms with E-state index in [1.54, 1.807) is 22.1 Å². The number of carbonyl (C=O) groups excluding carboxylic acids is 3. The van der Waals surface area contributed by atoms with Crippen molar-refractivity contribution in [3.8, 4) is 5.75 Å². The number of esters is 1. The van der Waals surface area contributed by atoms with Gasteiger partial charge < -0.3 is 19.3 Å². The first-order chi connectivity index (χ1) is 18.0. The Bertz CT molecular complexity index is 1060. The Balaban J connectivity index is 1.21. The molecule has 200 valence electrons. The molecule has 2 amide bonds. The molecule has 1 aliphatic heterocycles. The van der Waals surface area contributed by atoms with E-state index in [9.17, 15) is 14.4 Å². The highest BCUT2D eigenvalue weighted by Crippen LogP contribution is 2.26. The maximum atomic E-state index is 13.1. The van der Waals surface area contributed by atoms with Gasteiger partial charge in [0.25, 0.3) is 5.91 Å². The van der Waals surface area contributed by atoms with Crippen molar-refractivity contribution in [3.05, 3.63) is 45.9 Å². The van der Waals surface area contributed by atoms with Crippen LogP contribution in [-0.2, 0) is 27.2 Å². The van der Waals surface area contributed by atoms with Crippen molar-refractivity contribution < 1.29 is 23.9 Å². The summed E-state index contributed by atoms with van der Waals surface area (Å²) < 4.78 is 10.9. The molecule has 1 aromatic carbocycles. The Morgan fingerprint density at radius 1 is 1.03 bits per heavy atom. The van der Waals surface area contributed by atoms with Crippen LogP contribution in [0.1, 0.15) is 66.5 Å². The van der Waals surface area contributed by atoms with E-state index in [2.05, 4.69) is 4.98 Å². The Morgan fingerprint density at radius 2 is 1.78 bits per heavy atom. The van der Waals surface area contributed by atoms with Crippen LogP contribution in [0.3, 0.4) is 0 Å². The number of thiazole rings is 1. The van der Waals surface area contributed by atoms with Gasteiger partial charge in [-0.15, -0.1) is 11.3 Å². The number of amides is 2. The van der Waals surface area contributed by atoms with Gasteiger partial charge in [-0.05, 0) is 37.5 Å². The molecule has 4 rings (SSSR count). The second kappa shape index (κ2) is 13.6. The van der Waals surface area contributed by atoms with Crippen molar-refractivity contribution in [1.29, 1.82) is 0 Å². The molecule has 2 aromatic rings. The zero-order valence-electron chi connectivity index (χ0n) is 21.7. The first-order valence-electron chi connectivity index (χ1n) is 13.4. The summed E-state index contributed by atoms with van der Waals surface area (Å²) in [4.78, 5) is 45.5. The molecule has 0 spiro atoms. The Hall–Kier alpha value is -2.94. The van der Waals surface area contributed by atoms with Gasteiger partial charge in [0.15, 0.2) is 0 Å². The fraction of sp³-hybridized carbons (Fsp3) is 0.571. The predicted octanol–water partition coefficient (Wildman–Crippen LogP) is 4.13. The van der Waals surface area contributed by atoms with Gasteiger partial charge >= 0.3 is 5.97 Å². The lowest BCUT2D eigenvalue weighted by atomic mass is 9.87. The zero-order chi connectivity index (χ0) is 26.0. The average molecular weight is 528 g/mol. The van der Waals surface area contributed by atoms with Crippen molar-refractivity contribution in [2.24, 2.45) is 5.92 Å². The zero-order valence-corrected chi connectivity index (χ0v) is 22.5. The van der Waals surface area contributed by atoms with Crippen LogP contribution >= 0.6 is 11.3 Å². The highest BCUT2D eigenvalue weighted by molar-refractivity contribution is 7.09. The summed E-state index contributed by atoms with van der Waals surface area (Å²) in [5, 5.41) is 2.48. The Kier molecular flexibility index (Phi) is 9.93. The minimum atomic E-state index is -0.317. The maximum Gasteiger partial charge on any atom is 0.311 e. The van der Waals surface area contributed by atoms with Crippen LogP contribution in [-0.4, -0.2) is 72.0 Å². The second-order valence-corrected chi connectivity index (χ2v) is 10.7. The van der Waals surface area contributed by atoms with E-state index in [1.807, 2.05) is 24.3 Å². The van der Waals surface area contributed by atoms with Crippen LogP contribution < -0.4 is 4.74 Å². The van der Waals surface area contributed by atoms with Crippen LogP contribution in [0.15, 0.2) is 29.6 Å². The number of hydrogen-bond donors (Lipinski definition) is 0. The van der Waals surface area contributed by atoms with Gasteiger partial charge in [-0.1, -0.05) is 38.2 Å². The smallest absolute Gasteiger partial charge is 0.311 e. The summed E-state index contributed by atoms with van der Waals surface area (Å²) >= 11 is 1.38. The molecule has 2 aliphatic rings. The molecular formula is C28H37N3O5S. The molecule has 2 heterocycles. The molecule has 0 bridgehead atoms. The number of aromatic nitrogens is 1. The van der Waals surface area contributed by atoms with Crippen LogP contribution in [0.2, 0.25) is 0 Å². The summed E-state index contributed by atoms with van der Waals surface area (Å²) in [7, 11) is 0. The first kappa shape index (κ1) is 27.1. The van der Waals surface area contributed by atoms with Gasteiger partial charge in [-0.2, -0.15) is 0 Å². The molecule has 0 radical (unpaired) electrons. The van der Waals surface area contributed by atoms with Crippen LogP contribution in [0.4, 0.5) is 0 Å². The number of rotatable bonds is 10. The number of nitrogens with zero attached hydrogens (tertiary/aromatic N) is 3. The molecule has 1 aromatic heterocycles. The molecule has 0 atom stereocenters. The second-order valence-electron chi connectivity index (χ2n) is 9.73. The van der Waals surface area contributed by atoms with Gasteiger partial charge in [0.05, 0.1) is 31.7 Å². The number of ether oxygens (including phenoxy) is 2. The van der Waals surface area contributed by atoms with Crippen LogP contribution in [0, 0.1) is 5.92 Å². The first-order valence-corrected chi connectivity index (χ1v) is 14.3. The number of hydrogen-bond acceptors (Lipinski definition) is 7. The van der Waals surface area contributed by atoms with Gasteiger partial charge in [-0.3, -0.25) is 14.4 Å². The largest absolute Gasteiger partial charge is 0.494 e. The molecule has 8 nitrogen and oxygen atoms in total. The van der Waals surface area contributed by atoms with Crippen LogP contribution in [0.25, 0.3) is 0 Å². The SMILES string of the molecule is CCOC(=O)Cc1csc(CC(=O)N2CCN(C(=O)c3cccc(OCCC4CCCCC4)c3)CC2)n1. The van der Waals surface area contributed by atoms with Gasteiger partial charge in [0.1, 0.15) is 10.8 Å². The van der Waals surface area contributed by atoms with Crippen molar-refractivity contribution >= 4 is 29.1 Å². The highest BCUT2D eigenvalue weighted by atomic mass is 32.1. The third-order valence-electron chi connectivity index (χ3n) is 7.05. The lowest BCUT2D eigenvalue weighted by Crippen LogP contribution is -2.51. The van der Waals surface area contributed by atoms with Gasteiger partial charge in [-0.25, -0.2) is 4.98 Å². The maximum absolute atomic E-state index is 13.1. The van der Waals surface area contributed by atoms with Crippen molar-refractivity contribution in [1.82, 2.24) is 14.8 Å². The van der Waals surface area contributed by atoms with Crippen LogP contribution in [0.5, 0.6) is 5.75 Å². The summed E-state index contributed by atoms with van der Waals surface area (Å²) in [6.07, 6.45) is 8.01. The number of piperazine rings is 1. The average Bonchev–Trinajstić information content (AvgIpc) is 3.35. The van der Waals surface area contributed by atoms with E-state index < -0.39 is 0 Å². The quantitative estimate of drug-likeness (QED) is 0.432. The number of benzene rings is 1. The summed E-state index contributed by atoms with van der Waals surface area (Å²) in [6.45, 7) is 4.75. The lowest BCUT2D eigenvalue weighted by Gasteiger charge is -2.34. The molecule has 1 aliphatic carbocycles. The van der Waals surface area contributed by atoms with E-state index in [1.165, 1.54) is 43.4 Å². The van der Waals surface area contributed by atoms with E-state index in [4.69, 9.17) is 9.47 Å². The van der Waals surface area contributed by atoms with Crippen molar-refractivity contribution in [3.63, 3.8) is 0 Å². The third-order valence-corrected chi connectivity index (χ3v) is 7.95. The monoisotopic (exact) mass is 527 g/mol. The third kappa shape index (κ3) is 8.02. The molecule has 0 unspecified atom stereocenters. The fourth-order valence-electron chi connectivity index (χ4n) is 4.99. The molecule has 37 heavy (non-hydrogen) atoms. The summed E-state index contributed by atoms with van der Waals surface area (Å²) in [5.41, 5.74) is 1.24. The minimum absolute atomic E-state index is 0.0162. The predicted molar refractivity (Wildman–Crippen MR) is 142 cm³/mol. The van der Waals surface area contributed by atoms with Gasteiger partial charge in [0.2, 0.25) is 5.91 Å². The topological polar surface area (TPSA) is 89.0 Å². The van der Waals surface area contributed by atoms with E-state index in [0.29, 0.717) is 55.7 Å². The molecule has 1 saturated heterocycles. The van der Waals surface area contributed by atoms with E-state index in [-0.39, 0.29) is 30.6 Å². The Labute approximate surface area is 223 Å². The Morgan fingerprint density at radius 3 is 2.54 bits per heavy atom. The highest BCUT2D eigenvalue weighted by Gasteiger charge is 2.26. The molecule has 2 fully saturated rings. The standard InChI is InChI=1S/C28H37N3O5S/c1-2-35-27(33)18-23-20-37-25(29-23)19-26(32)30-12-14-31(15-13-30)28(34)22-9-6-10-24(17-22)36-16-11-21-7-4-3-5-8-21/h6,9-10,17,20-21H,2-5,7-8,11-16,18-19H2,1H3. The molecular weight excluding hydrogens is 490 g/mol. The van der Waals surface area contributed by atoms with Gasteiger partial charge in [0, 0.05) is 37.1 Å². The fourth-order valence-corrected chi connectivity index (χ4v) is 5.78. The minimum Gasteiger partial charge on any atom is -0.494 e. The summed E-state index contributed by atoms with van der Waals surface area (Å²) in [5.74, 6) is 1.13. The summed E-state index contributed by atoms with van der Waals surface area (Å²) in [6, 6.07) is 7.43. The normalized spacial score (nSPS) is 16.5. The van der Waals surface area contributed by atoms with E-state index >= 15 is 0 Å². The molecule has 0 N–H and O–H groups in total. The van der Waals surface area contributed by atoms with Crippen molar-refractivity contribution in [2.45, 2.75) is 58.3 Å². The molecule has 9 heteroatoms.